The van der Waals surface area contributed by atoms with Crippen molar-refractivity contribution in [2.24, 2.45) is 0 Å². The van der Waals surface area contributed by atoms with Gasteiger partial charge in [0.2, 0.25) is 10.0 Å². The van der Waals surface area contributed by atoms with E-state index >= 15 is 0 Å². The van der Waals surface area contributed by atoms with Crippen LogP contribution in [0, 0.1) is 0 Å². The van der Waals surface area contributed by atoms with Crippen molar-refractivity contribution >= 4 is 47.7 Å². The number of ether oxygens (including phenoxy) is 1. The van der Waals surface area contributed by atoms with Crippen LogP contribution in [0.5, 0.6) is 0 Å². The molecule has 1 aliphatic heterocycles. The SMILES string of the molecule is O=S(=O)(Nc1ncc(Br)nc1Br)C1CCOCC1. The van der Waals surface area contributed by atoms with Gasteiger partial charge in [0.25, 0.3) is 0 Å². The van der Waals surface area contributed by atoms with E-state index in [0.717, 1.165) is 0 Å². The summed E-state index contributed by atoms with van der Waals surface area (Å²) in [5.41, 5.74) is 0. The third-order valence-electron chi connectivity index (χ3n) is 2.55. The van der Waals surface area contributed by atoms with E-state index in [2.05, 4.69) is 46.5 Å². The maximum absolute atomic E-state index is 12.1. The van der Waals surface area contributed by atoms with Crippen LogP contribution >= 0.6 is 31.9 Å². The second kappa shape index (κ2) is 5.81. The van der Waals surface area contributed by atoms with E-state index in [9.17, 15) is 8.42 Å². The number of anilines is 1. The summed E-state index contributed by atoms with van der Waals surface area (Å²) >= 11 is 6.32. The molecule has 0 amide bonds. The molecule has 0 spiro atoms. The van der Waals surface area contributed by atoms with Gasteiger partial charge in [0.15, 0.2) is 10.4 Å². The Morgan fingerprint density at radius 2 is 2.00 bits per heavy atom. The highest BCUT2D eigenvalue weighted by Gasteiger charge is 2.28. The monoisotopic (exact) mass is 399 g/mol. The fourth-order valence-electron chi connectivity index (χ4n) is 1.62. The molecule has 2 heterocycles. The second-order valence-corrected chi connectivity index (χ2v) is 7.32. The van der Waals surface area contributed by atoms with Crippen molar-refractivity contribution < 1.29 is 13.2 Å². The van der Waals surface area contributed by atoms with Gasteiger partial charge in [-0.25, -0.2) is 18.4 Å². The smallest absolute Gasteiger partial charge is 0.237 e. The van der Waals surface area contributed by atoms with Crippen LogP contribution in [0.1, 0.15) is 12.8 Å². The van der Waals surface area contributed by atoms with Gasteiger partial charge in [-0.05, 0) is 44.7 Å². The van der Waals surface area contributed by atoms with Crippen LogP contribution in [0.3, 0.4) is 0 Å². The topological polar surface area (TPSA) is 81.2 Å². The highest BCUT2D eigenvalue weighted by Crippen LogP contribution is 2.23. The molecule has 9 heteroatoms. The summed E-state index contributed by atoms with van der Waals surface area (Å²) in [4.78, 5) is 8.00. The molecule has 1 fully saturated rings. The minimum Gasteiger partial charge on any atom is -0.381 e. The Balaban J connectivity index is 2.16. The van der Waals surface area contributed by atoms with Crippen molar-refractivity contribution in [2.45, 2.75) is 18.1 Å². The molecule has 1 aromatic rings. The van der Waals surface area contributed by atoms with Crippen molar-refractivity contribution in [3.05, 3.63) is 15.4 Å². The molecule has 100 valence electrons. The zero-order valence-electron chi connectivity index (χ0n) is 9.27. The van der Waals surface area contributed by atoms with Crippen LogP contribution in [0.15, 0.2) is 15.4 Å². The summed E-state index contributed by atoms with van der Waals surface area (Å²) < 4.78 is 32.7. The zero-order chi connectivity index (χ0) is 13.2. The first-order chi connectivity index (χ1) is 8.49. The van der Waals surface area contributed by atoms with Crippen molar-refractivity contribution in [2.75, 3.05) is 17.9 Å². The zero-order valence-corrected chi connectivity index (χ0v) is 13.3. The van der Waals surface area contributed by atoms with Gasteiger partial charge in [0, 0.05) is 13.2 Å². The highest BCUT2D eigenvalue weighted by molar-refractivity contribution is 9.11. The molecule has 0 bridgehead atoms. The van der Waals surface area contributed by atoms with E-state index in [0.29, 0.717) is 35.3 Å². The Morgan fingerprint density at radius 1 is 1.33 bits per heavy atom. The maximum Gasteiger partial charge on any atom is 0.237 e. The van der Waals surface area contributed by atoms with Gasteiger partial charge < -0.3 is 4.74 Å². The molecule has 0 unspecified atom stereocenters. The van der Waals surface area contributed by atoms with Crippen LogP contribution in [0.2, 0.25) is 0 Å². The molecule has 6 nitrogen and oxygen atoms in total. The quantitative estimate of drug-likeness (QED) is 0.838. The highest BCUT2D eigenvalue weighted by atomic mass is 79.9. The van der Waals surface area contributed by atoms with E-state index in [-0.39, 0.29) is 5.82 Å². The van der Waals surface area contributed by atoms with E-state index in [4.69, 9.17) is 4.74 Å². The molecule has 1 aliphatic rings. The first-order valence-electron chi connectivity index (χ1n) is 5.26. The number of rotatable bonds is 3. The molecule has 1 N–H and O–H groups in total. The molecule has 0 saturated carbocycles. The largest absolute Gasteiger partial charge is 0.381 e. The van der Waals surface area contributed by atoms with Crippen LogP contribution in [0.4, 0.5) is 5.82 Å². The second-order valence-electron chi connectivity index (χ2n) is 3.79. The lowest BCUT2D eigenvalue weighted by atomic mass is 10.2. The molecule has 0 radical (unpaired) electrons. The number of halogens is 2. The van der Waals surface area contributed by atoms with E-state index in [1.807, 2.05) is 0 Å². The summed E-state index contributed by atoms with van der Waals surface area (Å²) in [5.74, 6) is 0.199. The minimum absolute atomic E-state index is 0.199. The predicted octanol–water partition coefficient (Wildman–Crippen LogP) is 1.92. The normalized spacial score (nSPS) is 17.7. The van der Waals surface area contributed by atoms with Gasteiger partial charge in [-0.15, -0.1) is 0 Å². The Labute approximate surface area is 122 Å². The summed E-state index contributed by atoms with van der Waals surface area (Å²) in [6.45, 7) is 0.942. The lowest BCUT2D eigenvalue weighted by molar-refractivity contribution is 0.0984. The van der Waals surface area contributed by atoms with Crippen molar-refractivity contribution in [1.29, 1.82) is 0 Å². The molecule has 0 aliphatic carbocycles. The molecule has 1 saturated heterocycles. The van der Waals surface area contributed by atoms with Crippen LogP contribution in [-0.2, 0) is 14.8 Å². The van der Waals surface area contributed by atoms with E-state index in [1.54, 1.807) is 0 Å². The summed E-state index contributed by atoms with van der Waals surface area (Å²) in [5, 5.41) is -0.441. The third kappa shape index (κ3) is 3.40. The predicted molar refractivity (Wildman–Crippen MR) is 73.8 cm³/mol. The number of aromatic nitrogens is 2. The van der Waals surface area contributed by atoms with Crippen LogP contribution < -0.4 is 4.72 Å². The number of hydrogen-bond donors (Lipinski definition) is 1. The lowest BCUT2D eigenvalue weighted by Crippen LogP contribution is -2.33. The van der Waals surface area contributed by atoms with Gasteiger partial charge in [0.05, 0.1) is 11.4 Å². The molecule has 18 heavy (non-hydrogen) atoms. The summed E-state index contributed by atoms with van der Waals surface area (Å²) in [6.07, 6.45) is 2.43. The number of sulfonamides is 1. The molecule has 2 rings (SSSR count). The van der Waals surface area contributed by atoms with Gasteiger partial charge >= 0.3 is 0 Å². The number of nitrogens with zero attached hydrogens (tertiary/aromatic N) is 2. The Hall–Kier alpha value is -0.250. The first-order valence-corrected chi connectivity index (χ1v) is 8.39. The maximum atomic E-state index is 12.1. The minimum atomic E-state index is -3.45. The van der Waals surface area contributed by atoms with Gasteiger partial charge in [-0.3, -0.25) is 4.72 Å². The average molecular weight is 401 g/mol. The fourth-order valence-corrected chi connectivity index (χ4v) is 4.06. The fraction of sp³-hybridized carbons (Fsp3) is 0.556. The van der Waals surface area contributed by atoms with Gasteiger partial charge in [-0.2, -0.15) is 0 Å². The first kappa shape index (κ1) is 14.2. The molecular weight excluding hydrogens is 390 g/mol. The third-order valence-corrected chi connectivity index (χ3v) is 5.31. The molecular formula is C9H11Br2N3O3S. The van der Waals surface area contributed by atoms with Crippen LogP contribution in [-0.4, -0.2) is 36.8 Å². The molecule has 1 aromatic heterocycles. The Bertz CT molecular complexity index is 532. The Kier molecular flexibility index (Phi) is 4.57. The standard InChI is InChI=1S/C9H11Br2N3O3S/c10-7-5-12-9(8(11)13-7)14-18(15,16)6-1-3-17-4-2-6/h5-6H,1-4H2,(H,12,14). The Morgan fingerprint density at radius 3 is 2.61 bits per heavy atom. The van der Waals surface area contributed by atoms with Crippen LogP contribution in [0.25, 0.3) is 0 Å². The number of nitrogens with one attached hydrogen (secondary N) is 1. The van der Waals surface area contributed by atoms with Crippen molar-refractivity contribution in [1.82, 2.24) is 9.97 Å². The molecule has 0 aromatic carbocycles. The summed E-state index contributed by atoms with van der Waals surface area (Å²) in [6, 6.07) is 0. The average Bonchev–Trinajstić information content (AvgIpc) is 2.34. The van der Waals surface area contributed by atoms with Crippen molar-refractivity contribution in [3.63, 3.8) is 0 Å². The number of hydrogen-bond acceptors (Lipinski definition) is 5. The lowest BCUT2D eigenvalue weighted by Gasteiger charge is -2.22. The van der Waals surface area contributed by atoms with Crippen molar-refractivity contribution in [3.8, 4) is 0 Å². The van der Waals surface area contributed by atoms with Gasteiger partial charge in [-0.1, -0.05) is 0 Å². The van der Waals surface area contributed by atoms with E-state index in [1.165, 1.54) is 6.20 Å². The molecule has 0 atom stereocenters. The summed E-state index contributed by atoms with van der Waals surface area (Å²) in [7, 11) is -3.45. The van der Waals surface area contributed by atoms with Gasteiger partial charge in [0.1, 0.15) is 4.60 Å². The van der Waals surface area contributed by atoms with E-state index < -0.39 is 15.3 Å².